The Morgan fingerprint density at radius 3 is 2.73 bits per heavy atom. The number of anilines is 1. The van der Waals surface area contributed by atoms with Crippen LogP contribution in [-0.2, 0) is 0 Å². The molecule has 0 atom stereocenters. The van der Waals surface area contributed by atoms with Crippen molar-refractivity contribution in [3.63, 3.8) is 0 Å². The Hall–Kier alpha value is -1.47. The smallest absolute Gasteiger partial charge is 0.141 e. The first-order valence-electron chi connectivity index (χ1n) is 3.25. The van der Waals surface area contributed by atoms with Gasteiger partial charge < -0.3 is 5.43 Å². The van der Waals surface area contributed by atoms with Gasteiger partial charge in [0.1, 0.15) is 7.85 Å². The Kier molecular flexibility index (Phi) is 2.14. The van der Waals surface area contributed by atoms with E-state index in [1.165, 1.54) is 0 Å². The van der Waals surface area contributed by atoms with Crippen LogP contribution in [0.4, 0.5) is 5.69 Å². The van der Waals surface area contributed by atoms with Gasteiger partial charge in [-0.2, -0.15) is 5.26 Å². The summed E-state index contributed by atoms with van der Waals surface area (Å²) in [6.45, 7) is 0. The Labute approximate surface area is 66.2 Å². The van der Waals surface area contributed by atoms with Gasteiger partial charge in [-0.3, -0.25) is 5.84 Å². The van der Waals surface area contributed by atoms with Crippen molar-refractivity contribution in [3.05, 3.63) is 23.8 Å². The summed E-state index contributed by atoms with van der Waals surface area (Å²) >= 11 is 0. The summed E-state index contributed by atoms with van der Waals surface area (Å²) in [4.78, 5) is 0. The highest BCUT2D eigenvalue weighted by atomic mass is 15.2. The molecule has 0 saturated carbocycles. The minimum Gasteiger partial charge on any atom is -0.324 e. The molecule has 3 nitrogen and oxygen atoms in total. The number of benzene rings is 1. The third-order valence-corrected chi connectivity index (χ3v) is 1.51. The zero-order valence-corrected chi connectivity index (χ0v) is 6.26. The number of nitrogens with zero attached hydrogens (tertiary/aromatic N) is 1. The highest BCUT2D eigenvalue weighted by Crippen LogP contribution is 2.03. The van der Waals surface area contributed by atoms with Crippen LogP contribution in [0.15, 0.2) is 18.2 Å². The maximum Gasteiger partial charge on any atom is 0.141 e. The quantitative estimate of drug-likeness (QED) is 0.306. The van der Waals surface area contributed by atoms with E-state index < -0.39 is 0 Å². The van der Waals surface area contributed by atoms with Gasteiger partial charge in [-0.05, 0) is 18.2 Å². The molecule has 0 bridgehead atoms. The van der Waals surface area contributed by atoms with E-state index in [0.717, 1.165) is 11.2 Å². The van der Waals surface area contributed by atoms with E-state index in [0.29, 0.717) is 5.56 Å². The SMILES string of the molecule is Bc1cc(NN)ccc1C#N. The van der Waals surface area contributed by atoms with Crippen molar-refractivity contribution >= 4 is 19.0 Å². The van der Waals surface area contributed by atoms with Crippen molar-refractivity contribution < 1.29 is 0 Å². The van der Waals surface area contributed by atoms with Gasteiger partial charge in [0.25, 0.3) is 0 Å². The van der Waals surface area contributed by atoms with Crippen molar-refractivity contribution in [2.75, 3.05) is 5.43 Å². The van der Waals surface area contributed by atoms with E-state index in [9.17, 15) is 0 Å². The minimum atomic E-state index is 0.684. The Morgan fingerprint density at radius 1 is 1.55 bits per heavy atom. The van der Waals surface area contributed by atoms with Crippen molar-refractivity contribution in [2.45, 2.75) is 0 Å². The number of nitrogens with two attached hydrogens (primary N) is 1. The first-order chi connectivity index (χ1) is 5.27. The molecular weight excluding hydrogens is 137 g/mol. The summed E-state index contributed by atoms with van der Waals surface area (Å²) < 4.78 is 0. The van der Waals surface area contributed by atoms with Crippen LogP contribution in [0.25, 0.3) is 0 Å². The maximum atomic E-state index is 8.58. The number of nitrogen functional groups attached to an aromatic ring is 1. The zero-order chi connectivity index (χ0) is 8.27. The van der Waals surface area contributed by atoms with Crippen LogP contribution < -0.4 is 16.7 Å². The first-order valence-corrected chi connectivity index (χ1v) is 3.25. The van der Waals surface area contributed by atoms with E-state index >= 15 is 0 Å². The predicted octanol–water partition coefficient (Wildman–Crippen LogP) is -0.898. The number of hydrogen-bond acceptors (Lipinski definition) is 3. The van der Waals surface area contributed by atoms with Gasteiger partial charge in [-0.1, -0.05) is 5.46 Å². The molecule has 0 aliphatic heterocycles. The van der Waals surface area contributed by atoms with Gasteiger partial charge in [0.2, 0.25) is 0 Å². The van der Waals surface area contributed by atoms with Crippen LogP contribution in [-0.4, -0.2) is 7.85 Å². The van der Waals surface area contributed by atoms with E-state index in [1.54, 1.807) is 12.1 Å². The fourth-order valence-electron chi connectivity index (χ4n) is 0.879. The molecule has 54 valence electrons. The van der Waals surface area contributed by atoms with Gasteiger partial charge in [-0.25, -0.2) is 0 Å². The molecular formula is C7H8BN3. The topological polar surface area (TPSA) is 61.8 Å². The fourth-order valence-corrected chi connectivity index (χ4v) is 0.879. The van der Waals surface area contributed by atoms with Crippen LogP contribution in [0, 0.1) is 11.3 Å². The number of nitriles is 1. The minimum absolute atomic E-state index is 0.684. The van der Waals surface area contributed by atoms with Crippen LogP contribution in [0.2, 0.25) is 0 Å². The second-order valence-corrected chi connectivity index (χ2v) is 2.29. The maximum absolute atomic E-state index is 8.58. The lowest BCUT2D eigenvalue weighted by Crippen LogP contribution is -2.12. The number of hydrazine groups is 1. The third kappa shape index (κ3) is 1.51. The molecule has 0 fully saturated rings. The molecule has 0 aliphatic carbocycles. The van der Waals surface area contributed by atoms with Gasteiger partial charge >= 0.3 is 0 Å². The van der Waals surface area contributed by atoms with Crippen LogP contribution >= 0.6 is 0 Å². The normalized spacial score (nSPS) is 8.73. The van der Waals surface area contributed by atoms with Crippen molar-refractivity contribution in [3.8, 4) is 6.07 Å². The summed E-state index contributed by atoms with van der Waals surface area (Å²) in [5.74, 6) is 5.18. The summed E-state index contributed by atoms with van der Waals surface area (Å²) in [6.07, 6.45) is 0. The Bertz CT molecular complexity index is 303. The van der Waals surface area contributed by atoms with E-state index in [1.807, 2.05) is 13.9 Å². The monoisotopic (exact) mass is 145 g/mol. The van der Waals surface area contributed by atoms with Crippen LogP contribution in [0.3, 0.4) is 0 Å². The summed E-state index contributed by atoms with van der Waals surface area (Å²) in [6, 6.07) is 7.42. The molecule has 0 radical (unpaired) electrons. The molecule has 4 heteroatoms. The predicted molar refractivity (Wildman–Crippen MR) is 47.1 cm³/mol. The van der Waals surface area contributed by atoms with E-state index in [4.69, 9.17) is 11.1 Å². The van der Waals surface area contributed by atoms with Crippen molar-refractivity contribution in [1.82, 2.24) is 0 Å². The second kappa shape index (κ2) is 3.08. The third-order valence-electron chi connectivity index (χ3n) is 1.51. The molecule has 1 aromatic carbocycles. The lowest BCUT2D eigenvalue weighted by atomic mass is 9.91. The van der Waals surface area contributed by atoms with E-state index in [-0.39, 0.29) is 0 Å². The Morgan fingerprint density at radius 2 is 2.27 bits per heavy atom. The fraction of sp³-hybridized carbons (Fsp3) is 0. The van der Waals surface area contributed by atoms with Crippen molar-refractivity contribution in [1.29, 1.82) is 5.26 Å². The molecule has 0 amide bonds. The molecule has 3 N–H and O–H groups in total. The molecule has 0 saturated heterocycles. The molecule has 1 rings (SSSR count). The highest BCUT2D eigenvalue weighted by molar-refractivity contribution is 6.34. The number of rotatable bonds is 1. The molecule has 0 aromatic heterocycles. The van der Waals surface area contributed by atoms with Crippen LogP contribution in [0.5, 0.6) is 0 Å². The van der Waals surface area contributed by atoms with Gasteiger partial charge in [0.15, 0.2) is 0 Å². The average Bonchev–Trinajstić information content (AvgIpc) is 2.04. The van der Waals surface area contributed by atoms with Crippen LogP contribution in [0.1, 0.15) is 5.56 Å². The number of hydrogen-bond donors (Lipinski definition) is 2. The Balaban J connectivity index is 3.12. The summed E-state index contributed by atoms with van der Waals surface area (Å²) in [5, 5.41) is 8.58. The zero-order valence-electron chi connectivity index (χ0n) is 6.26. The first kappa shape index (κ1) is 7.64. The molecule has 0 aliphatic rings. The lowest BCUT2D eigenvalue weighted by molar-refractivity contribution is 1.35. The van der Waals surface area contributed by atoms with Crippen molar-refractivity contribution in [2.24, 2.45) is 5.84 Å². The van der Waals surface area contributed by atoms with Gasteiger partial charge in [-0.15, -0.1) is 0 Å². The molecule has 0 heterocycles. The molecule has 11 heavy (non-hydrogen) atoms. The van der Waals surface area contributed by atoms with Gasteiger partial charge in [0, 0.05) is 11.3 Å². The largest absolute Gasteiger partial charge is 0.324 e. The lowest BCUT2D eigenvalue weighted by Gasteiger charge is -2.01. The molecule has 1 aromatic rings. The average molecular weight is 145 g/mol. The summed E-state index contributed by atoms with van der Waals surface area (Å²) in [7, 11) is 1.87. The summed E-state index contributed by atoms with van der Waals surface area (Å²) in [5.41, 5.74) is 4.95. The highest BCUT2D eigenvalue weighted by Gasteiger charge is 1.96. The number of nitrogens with one attached hydrogen (secondary N) is 1. The standard InChI is InChI=1S/C7H8BN3/c8-7-3-6(11-10)2-1-5(7)4-9/h1-3,11H,8,10H2. The van der Waals surface area contributed by atoms with E-state index in [2.05, 4.69) is 11.5 Å². The molecule has 0 unspecified atom stereocenters. The second-order valence-electron chi connectivity index (χ2n) is 2.29. The molecule has 0 spiro atoms. The van der Waals surface area contributed by atoms with Gasteiger partial charge in [0.05, 0.1) is 6.07 Å².